The lowest BCUT2D eigenvalue weighted by Crippen LogP contribution is -2.06. The molecule has 2 rings (SSSR count). The number of anilines is 1. The van der Waals surface area contributed by atoms with Gasteiger partial charge in [0.2, 0.25) is 0 Å². The van der Waals surface area contributed by atoms with E-state index in [4.69, 9.17) is 11.6 Å². The van der Waals surface area contributed by atoms with Gasteiger partial charge in [-0.15, -0.1) is 11.8 Å². The first-order chi connectivity index (χ1) is 9.92. The van der Waals surface area contributed by atoms with Gasteiger partial charge in [-0.05, 0) is 30.7 Å². The number of rotatable bonds is 4. The summed E-state index contributed by atoms with van der Waals surface area (Å²) in [6.07, 6.45) is 5.18. The molecule has 0 saturated carbocycles. The minimum Gasteiger partial charge on any atom is -0.356 e. The molecule has 6 heteroatoms. The van der Waals surface area contributed by atoms with E-state index >= 15 is 0 Å². The standard InChI is InChI=1S/C15H13ClF3NS/c1-8(9-3-4-11(16)14(5-9)21-2)20-10-6-12(17)15(19)13(18)7-10/h5-7,20H,1,3-4H2,2H3. The average Bonchev–Trinajstić information content (AvgIpc) is 2.45. The van der Waals surface area contributed by atoms with Crippen molar-refractivity contribution in [2.75, 3.05) is 11.6 Å². The van der Waals surface area contributed by atoms with Crippen molar-refractivity contribution in [1.82, 2.24) is 0 Å². The Morgan fingerprint density at radius 1 is 1.24 bits per heavy atom. The highest BCUT2D eigenvalue weighted by molar-refractivity contribution is 8.02. The molecule has 0 heterocycles. The van der Waals surface area contributed by atoms with Crippen LogP contribution in [0.2, 0.25) is 0 Å². The van der Waals surface area contributed by atoms with Gasteiger partial charge in [0, 0.05) is 33.5 Å². The van der Waals surface area contributed by atoms with Crippen LogP contribution in [0.25, 0.3) is 0 Å². The van der Waals surface area contributed by atoms with Crippen molar-refractivity contribution in [3.8, 4) is 0 Å². The summed E-state index contributed by atoms with van der Waals surface area (Å²) in [6, 6.07) is 1.79. The molecule has 21 heavy (non-hydrogen) atoms. The average molecular weight is 332 g/mol. The van der Waals surface area contributed by atoms with Crippen LogP contribution >= 0.6 is 23.4 Å². The second kappa shape index (κ2) is 6.62. The van der Waals surface area contributed by atoms with Crippen molar-refractivity contribution in [3.63, 3.8) is 0 Å². The molecular weight excluding hydrogens is 319 g/mol. The minimum atomic E-state index is -1.48. The van der Waals surface area contributed by atoms with Crippen molar-refractivity contribution in [3.05, 3.63) is 63.4 Å². The Labute approximate surface area is 130 Å². The van der Waals surface area contributed by atoms with Crippen LogP contribution < -0.4 is 5.32 Å². The Morgan fingerprint density at radius 2 is 1.86 bits per heavy atom. The topological polar surface area (TPSA) is 12.0 Å². The van der Waals surface area contributed by atoms with E-state index in [1.165, 1.54) is 11.8 Å². The number of halogens is 4. The van der Waals surface area contributed by atoms with Crippen LogP contribution in [0.5, 0.6) is 0 Å². The van der Waals surface area contributed by atoms with E-state index in [1.807, 2.05) is 12.3 Å². The second-order valence-electron chi connectivity index (χ2n) is 4.50. The van der Waals surface area contributed by atoms with Gasteiger partial charge in [-0.25, -0.2) is 13.2 Å². The zero-order chi connectivity index (χ0) is 15.6. The van der Waals surface area contributed by atoms with Crippen molar-refractivity contribution in [1.29, 1.82) is 0 Å². The molecule has 1 nitrogen and oxygen atoms in total. The van der Waals surface area contributed by atoms with E-state index < -0.39 is 17.5 Å². The van der Waals surface area contributed by atoms with Gasteiger partial charge in [0.1, 0.15) is 0 Å². The van der Waals surface area contributed by atoms with E-state index in [2.05, 4.69) is 11.9 Å². The van der Waals surface area contributed by atoms with Gasteiger partial charge >= 0.3 is 0 Å². The fourth-order valence-corrected chi connectivity index (χ4v) is 2.93. The molecule has 112 valence electrons. The van der Waals surface area contributed by atoms with Crippen molar-refractivity contribution in [2.45, 2.75) is 12.8 Å². The number of nitrogens with one attached hydrogen (secondary N) is 1. The third kappa shape index (κ3) is 3.66. The number of benzene rings is 1. The normalized spacial score (nSPS) is 15.0. The quantitative estimate of drug-likeness (QED) is 0.724. The lowest BCUT2D eigenvalue weighted by molar-refractivity contribution is 0.448. The van der Waals surface area contributed by atoms with E-state index in [0.29, 0.717) is 18.5 Å². The third-order valence-corrected chi connectivity index (χ3v) is 4.38. The van der Waals surface area contributed by atoms with E-state index in [-0.39, 0.29) is 5.69 Å². The van der Waals surface area contributed by atoms with Gasteiger partial charge in [-0.1, -0.05) is 18.2 Å². The van der Waals surface area contributed by atoms with Crippen molar-refractivity contribution < 1.29 is 13.2 Å². The van der Waals surface area contributed by atoms with Gasteiger partial charge in [-0.2, -0.15) is 0 Å². The molecule has 1 aromatic rings. The van der Waals surface area contributed by atoms with Crippen molar-refractivity contribution in [2.24, 2.45) is 0 Å². The predicted molar refractivity (Wildman–Crippen MR) is 82.8 cm³/mol. The summed E-state index contributed by atoms with van der Waals surface area (Å²) >= 11 is 7.62. The van der Waals surface area contributed by atoms with Crippen LogP contribution in [0, 0.1) is 17.5 Å². The van der Waals surface area contributed by atoms with Crippen LogP contribution in [-0.4, -0.2) is 6.26 Å². The number of hydrogen-bond acceptors (Lipinski definition) is 2. The predicted octanol–water partition coefficient (Wildman–Crippen LogP) is 5.56. The largest absolute Gasteiger partial charge is 0.356 e. The molecule has 0 amide bonds. The van der Waals surface area contributed by atoms with E-state index in [0.717, 1.165) is 27.6 Å². The van der Waals surface area contributed by atoms with Gasteiger partial charge in [-0.3, -0.25) is 0 Å². The first kappa shape index (κ1) is 16.0. The zero-order valence-electron chi connectivity index (χ0n) is 11.3. The highest BCUT2D eigenvalue weighted by Gasteiger charge is 2.15. The SMILES string of the molecule is C=C(Nc1cc(F)c(F)c(F)c1)C1=CC(SC)=C(Cl)CC1. The first-order valence-electron chi connectivity index (χ1n) is 6.16. The maximum absolute atomic E-state index is 13.2. The molecule has 0 saturated heterocycles. The van der Waals surface area contributed by atoms with Gasteiger partial charge < -0.3 is 5.32 Å². The minimum absolute atomic E-state index is 0.114. The fourth-order valence-electron chi connectivity index (χ4n) is 1.97. The molecule has 1 aliphatic rings. The second-order valence-corrected chi connectivity index (χ2v) is 5.80. The molecule has 0 radical (unpaired) electrons. The Balaban J connectivity index is 2.19. The van der Waals surface area contributed by atoms with Gasteiger partial charge in [0.25, 0.3) is 0 Å². The zero-order valence-corrected chi connectivity index (χ0v) is 12.8. The number of thioether (sulfide) groups is 1. The molecule has 0 aliphatic heterocycles. The fraction of sp³-hybridized carbons (Fsp3) is 0.200. The molecule has 0 atom stereocenters. The first-order valence-corrected chi connectivity index (χ1v) is 7.76. The summed E-state index contributed by atoms with van der Waals surface area (Å²) in [7, 11) is 0. The summed E-state index contributed by atoms with van der Waals surface area (Å²) < 4.78 is 39.3. The third-order valence-electron chi connectivity index (χ3n) is 3.07. The van der Waals surface area contributed by atoms with Crippen LogP contribution in [0.4, 0.5) is 18.9 Å². The van der Waals surface area contributed by atoms with E-state index in [1.54, 1.807) is 0 Å². The lowest BCUT2D eigenvalue weighted by atomic mass is 10.0. The summed E-state index contributed by atoms with van der Waals surface area (Å²) in [5, 5.41) is 3.59. The van der Waals surface area contributed by atoms with Gasteiger partial charge in [0.15, 0.2) is 17.5 Å². The summed E-state index contributed by atoms with van der Waals surface area (Å²) in [6.45, 7) is 3.86. The molecule has 0 fully saturated rings. The molecule has 1 aromatic carbocycles. The van der Waals surface area contributed by atoms with Crippen LogP contribution in [0.15, 0.2) is 46.0 Å². The Hall–Kier alpha value is -1.33. The van der Waals surface area contributed by atoms with Gasteiger partial charge in [0.05, 0.1) is 0 Å². The molecule has 0 aromatic heterocycles. The van der Waals surface area contributed by atoms with E-state index in [9.17, 15) is 13.2 Å². The maximum atomic E-state index is 13.2. The molecule has 0 unspecified atom stereocenters. The monoisotopic (exact) mass is 331 g/mol. The molecule has 1 aliphatic carbocycles. The molecular formula is C15H13ClF3NS. The Bertz CT molecular complexity index is 629. The van der Waals surface area contributed by atoms with Crippen molar-refractivity contribution >= 4 is 29.1 Å². The number of allylic oxidation sites excluding steroid dienone is 3. The highest BCUT2D eigenvalue weighted by atomic mass is 35.5. The lowest BCUT2D eigenvalue weighted by Gasteiger charge is -2.18. The summed E-state index contributed by atoms with van der Waals surface area (Å²) in [5.74, 6) is -3.96. The smallest absolute Gasteiger partial charge is 0.194 e. The van der Waals surface area contributed by atoms with Crippen LogP contribution in [-0.2, 0) is 0 Å². The molecule has 0 spiro atoms. The number of hydrogen-bond donors (Lipinski definition) is 1. The summed E-state index contributed by atoms with van der Waals surface area (Å²) in [4.78, 5) is 0.942. The van der Waals surface area contributed by atoms with Crippen LogP contribution in [0.1, 0.15) is 12.8 Å². The molecule has 0 bridgehead atoms. The van der Waals surface area contributed by atoms with Crippen LogP contribution in [0.3, 0.4) is 0 Å². The Morgan fingerprint density at radius 3 is 2.43 bits per heavy atom. The molecule has 1 N–H and O–H groups in total. The highest BCUT2D eigenvalue weighted by Crippen LogP contribution is 2.34. The summed E-state index contributed by atoms with van der Waals surface area (Å²) in [5.41, 5.74) is 1.52. The maximum Gasteiger partial charge on any atom is 0.194 e. The Kier molecular flexibility index (Phi) is 5.06.